The lowest BCUT2D eigenvalue weighted by Crippen LogP contribution is -2.09. The van der Waals surface area contributed by atoms with E-state index >= 15 is 0 Å². The lowest BCUT2D eigenvalue weighted by Gasteiger charge is -2.08. The minimum Gasteiger partial charge on any atom is -0.475 e. The van der Waals surface area contributed by atoms with E-state index in [1.54, 1.807) is 6.08 Å². The molecule has 0 aromatic rings. The van der Waals surface area contributed by atoms with E-state index in [1.165, 1.54) is 0 Å². The molecule has 0 saturated heterocycles. The summed E-state index contributed by atoms with van der Waals surface area (Å²) in [5.74, 6) is 0.553. The molecular weight excluding hydrogens is 198 g/mol. The lowest BCUT2D eigenvalue weighted by atomic mass is 10.4. The molecule has 0 aliphatic carbocycles. The van der Waals surface area contributed by atoms with Crippen molar-refractivity contribution in [1.29, 1.82) is 0 Å². The van der Waals surface area contributed by atoms with Gasteiger partial charge in [-0.25, -0.2) is 4.99 Å². The van der Waals surface area contributed by atoms with Crippen LogP contribution >= 0.6 is 11.6 Å². The zero-order chi connectivity index (χ0) is 11.0. The summed E-state index contributed by atoms with van der Waals surface area (Å²) in [5, 5.41) is 0.473. The lowest BCUT2D eigenvalue weighted by molar-refractivity contribution is 0.230. The fourth-order valence-electron chi connectivity index (χ4n) is 0.806. The first-order chi connectivity index (χ1) is 6.60. The summed E-state index contributed by atoms with van der Waals surface area (Å²) in [6, 6.07) is 0. The van der Waals surface area contributed by atoms with Gasteiger partial charge in [0, 0.05) is 0 Å². The Morgan fingerprint density at radius 2 is 2.14 bits per heavy atom. The van der Waals surface area contributed by atoms with Gasteiger partial charge in [0.2, 0.25) is 5.90 Å². The van der Waals surface area contributed by atoms with Gasteiger partial charge in [0.15, 0.2) is 0 Å². The van der Waals surface area contributed by atoms with Gasteiger partial charge in [0.25, 0.3) is 0 Å². The van der Waals surface area contributed by atoms with Gasteiger partial charge in [0.05, 0.1) is 6.10 Å². The molecule has 3 heteroatoms. The number of ether oxygens (including phenoxy) is 1. The van der Waals surface area contributed by atoms with Crippen LogP contribution in [0.2, 0.25) is 0 Å². The number of allylic oxidation sites excluding steroid dienone is 2. The molecule has 0 aliphatic rings. The molecular formula is C11H18ClNO. The van der Waals surface area contributed by atoms with Crippen molar-refractivity contribution in [3.63, 3.8) is 0 Å². The van der Waals surface area contributed by atoms with Crippen molar-refractivity contribution in [1.82, 2.24) is 0 Å². The first kappa shape index (κ1) is 13.2. The van der Waals surface area contributed by atoms with E-state index < -0.39 is 0 Å². The SMILES string of the molecule is C\C=C/C(=N/C(Cl)=C/CC)OC(C)C. The highest BCUT2D eigenvalue weighted by molar-refractivity contribution is 6.30. The van der Waals surface area contributed by atoms with E-state index in [-0.39, 0.29) is 6.10 Å². The summed E-state index contributed by atoms with van der Waals surface area (Å²) in [7, 11) is 0. The van der Waals surface area contributed by atoms with Gasteiger partial charge in [0.1, 0.15) is 5.16 Å². The Hall–Kier alpha value is -0.760. The molecule has 0 radical (unpaired) electrons. The highest BCUT2D eigenvalue weighted by Gasteiger charge is 1.99. The Morgan fingerprint density at radius 3 is 2.57 bits per heavy atom. The maximum absolute atomic E-state index is 5.85. The predicted molar refractivity (Wildman–Crippen MR) is 62.7 cm³/mol. The smallest absolute Gasteiger partial charge is 0.214 e. The number of rotatable bonds is 4. The molecule has 0 unspecified atom stereocenters. The Kier molecular flexibility index (Phi) is 7.21. The number of nitrogens with zero attached hydrogens (tertiary/aromatic N) is 1. The van der Waals surface area contributed by atoms with Crippen molar-refractivity contribution < 1.29 is 4.74 Å². The summed E-state index contributed by atoms with van der Waals surface area (Å²) in [4.78, 5) is 4.13. The molecule has 0 amide bonds. The van der Waals surface area contributed by atoms with Crippen molar-refractivity contribution in [2.75, 3.05) is 0 Å². The van der Waals surface area contributed by atoms with Gasteiger partial charge < -0.3 is 4.74 Å². The second-order valence-corrected chi connectivity index (χ2v) is 3.44. The highest BCUT2D eigenvalue weighted by Crippen LogP contribution is 2.07. The van der Waals surface area contributed by atoms with Gasteiger partial charge in [-0.15, -0.1) is 0 Å². The summed E-state index contributed by atoms with van der Waals surface area (Å²) < 4.78 is 5.45. The Morgan fingerprint density at radius 1 is 1.50 bits per heavy atom. The molecule has 0 fully saturated rings. The Bertz CT molecular complexity index is 242. The number of hydrogen-bond donors (Lipinski definition) is 0. The van der Waals surface area contributed by atoms with Crippen LogP contribution in [0.3, 0.4) is 0 Å². The molecule has 0 bridgehead atoms. The minimum absolute atomic E-state index is 0.107. The third-order valence-electron chi connectivity index (χ3n) is 1.26. The zero-order valence-corrected chi connectivity index (χ0v) is 10.0. The van der Waals surface area contributed by atoms with E-state index in [9.17, 15) is 0 Å². The molecule has 0 saturated carbocycles. The van der Waals surface area contributed by atoms with Gasteiger partial charge >= 0.3 is 0 Å². The third kappa shape index (κ3) is 6.72. The zero-order valence-electron chi connectivity index (χ0n) is 9.25. The van der Waals surface area contributed by atoms with E-state index in [2.05, 4.69) is 4.99 Å². The molecule has 0 rings (SSSR count). The van der Waals surface area contributed by atoms with Crippen LogP contribution in [0.5, 0.6) is 0 Å². The van der Waals surface area contributed by atoms with Crippen molar-refractivity contribution in [3.8, 4) is 0 Å². The van der Waals surface area contributed by atoms with Crippen LogP contribution in [0.1, 0.15) is 34.1 Å². The van der Waals surface area contributed by atoms with E-state index in [1.807, 2.05) is 39.8 Å². The average Bonchev–Trinajstić information content (AvgIpc) is 2.03. The van der Waals surface area contributed by atoms with Crippen LogP contribution in [-0.4, -0.2) is 12.0 Å². The maximum Gasteiger partial charge on any atom is 0.214 e. The van der Waals surface area contributed by atoms with E-state index in [4.69, 9.17) is 16.3 Å². The van der Waals surface area contributed by atoms with Crippen LogP contribution in [0.4, 0.5) is 0 Å². The molecule has 0 atom stereocenters. The second-order valence-electron chi connectivity index (χ2n) is 3.05. The normalized spacial score (nSPS) is 14.1. The van der Waals surface area contributed by atoms with Crippen molar-refractivity contribution in [2.24, 2.45) is 4.99 Å². The monoisotopic (exact) mass is 215 g/mol. The third-order valence-corrected chi connectivity index (χ3v) is 1.49. The van der Waals surface area contributed by atoms with Gasteiger partial charge in [-0.05, 0) is 39.3 Å². The average molecular weight is 216 g/mol. The molecule has 2 nitrogen and oxygen atoms in total. The number of hydrogen-bond acceptors (Lipinski definition) is 2. The molecule has 0 aromatic heterocycles. The molecule has 0 N–H and O–H groups in total. The molecule has 0 aliphatic heterocycles. The van der Waals surface area contributed by atoms with E-state index in [0.717, 1.165) is 6.42 Å². The molecule has 0 spiro atoms. The highest BCUT2D eigenvalue weighted by atomic mass is 35.5. The fraction of sp³-hybridized carbons (Fsp3) is 0.545. The van der Waals surface area contributed by atoms with Crippen LogP contribution < -0.4 is 0 Å². The number of aliphatic imine (C=N–C) groups is 1. The summed E-state index contributed by atoms with van der Waals surface area (Å²) >= 11 is 5.85. The van der Waals surface area contributed by atoms with Crippen molar-refractivity contribution in [2.45, 2.75) is 40.2 Å². The molecule has 0 heterocycles. The summed E-state index contributed by atoms with van der Waals surface area (Å²) in [6.07, 6.45) is 6.49. The summed E-state index contributed by atoms with van der Waals surface area (Å²) in [6.45, 7) is 7.83. The van der Waals surface area contributed by atoms with Crippen LogP contribution in [0.15, 0.2) is 28.4 Å². The topological polar surface area (TPSA) is 21.6 Å². The standard InChI is InChI=1S/C11H18ClNO/c1-5-7-10(12)13-11(8-6-2)14-9(3)4/h6-9H,5H2,1-4H3/b8-6-,10-7+,13-11-. The minimum atomic E-state index is 0.107. The van der Waals surface area contributed by atoms with Gasteiger partial charge in [-0.2, -0.15) is 0 Å². The Balaban J connectivity index is 4.55. The summed E-state index contributed by atoms with van der Waals surface area (Å²) in [5.41, 5.74) is 0. The quantitative estimate of drug-likeness (QED) is 0.396. The maximum atomic E-state index is 5.85. The van der Waals surface area contributed by atoms with E-state index in [0.29, 0.717) is 11.1 Å². The largest absolute Gasteiger partial charge is 0.475 e. The molecule has 14 heavy (non-hydrogen) atoms. The fourth-order valence-corrected chi connectivity index (χ4v) is 1.04. The van der Waals surface area contributed by atoms with Crippen molar-refractivity contribution >= 4 is 17.5 Å². The second kappa shape index (κ2) is 7.63. The first-order valence-corrected chi connectivity index (χ1v) is 5.21. The van der Waals surface area contributed by atoms with Gasteiger partial charge in [-0.3, -0.25) is 0 Å². The van der Waals surface area contributed by atoms with Crippen molar-refractivity contribution in [3.05, 3.63) is 23.4 Å². The molecule has 80 valence electrons. The first-order valence-electron chi connectivity index (χ1n) is 4.83. The van der Waals surface area contributed by atoms with Crippen LogP contribution in [0, 0.1) is 0 Å². The predicted octanol–water partition coefficient (Wildman–Crippen LogP) is 3.88. The van der Waals surface area contributed by atoms with Crippen LogP contribution in [0.25, 0.3) is 0 Å². The van der Waals surface area contributed by atoms with Crippen LogP contribution in [-0.2, 0) is 4.74 Å². The van der Waals surface area contributed by atoms with Gasteiger partial charge in [-0.1, -0.05) is 24.6 Å². The Labute approximate surface area is 91.3 Å². The molecule has 0 aromatic carbocycles. The number of halogens is 1.